The fourth-order valence-electron chi connectivity index (χ4n) is 4.08. The molecular formula is C28H40ClN3O3. The van der Waals surface area contributed by atoms with E-state index in [2.05, 4.69) is 49.3 Å². The van der Waals surface area contributed by atoms with Gasteiger partial charge in [-0.25, -0.2) is 4.79 Å². The number of urea groups is 1. The van der Waals surface area contributed by atoms with Gasteiger partial charge >= 0.3 is 12.0 Å². The van der Waals surface area contributed by atoms with Crippen molar-refractivity contribution in [3.8, 4) is 0 Å². The van der Waals surface area contributed by atoms with E-state index in [4.69, 9.17) is 16.3 Å². The number of alkyl halides is 1. The topological polar surface area (TPSA) is 70.7 Å². The van der Waals surface area contributed by atoms with Crippen LogP contribution in [-0.4, -0.2) is 31.2 Å². The molecule has 0 bridgehead atoms. The monoisotopic (exact) mass is 501 g/mol. The Balaban J connectivity index is 2.40. The fraction of sp³-hybridized carbons (Fsp3) is 0.500. The van der Waals surface area contributed by atoms with Crippen LogP contribution in [0.2, 0.25) is 0 Å². The fourth-order valence-corrected chi connectivity index (χ4v) is 4.20. The Morgan fingerprint density at radius 3 is 2.14 bits per heavy atom. The molecule has 0 saturated heterocycles. The molecule has 7 heteroatoms. The van der Waals surface area contributed by atoms with Crippen LogP contribution in [0, 0.1) is 18.8 Å². The summed E-state index contributed by atoms with van der Waals surface area (Å²) in [6, 6.07) is 13.3. The van der Waals surface area contributed by atoms with Gasteiger partial charge in [0.1, 0.15) is 0 Å². The van der Waals surface area contributed by atoms with Crippen LogP contribution in [0.25, 0.3) is 0 Å². The van der Waals surface area contributed by atoms with Crippen molar-refractivity contribution >= 4 is 40.7 Å². The lowest BCUT2D eigenvalue weighted by Gasteiger charge is -2.31. The first kappa shape index (κ1) is 28.5. The Bertz CT molecular complexity index is 950. The molecule has 0 fully saturated rings. The van der Waals surface area contributed by atoms with Gasteiger partial charge in [-0.3, -0.25) is 4.79 Å². The average molecular weight is 502 g/mol. The van der Waals surface area contributed by atoms with Gasteiger partial charge in [0.05, 0.1) is 17.8 Å². The molecule has 0 saturated carbocycles. The number of halogens is 1. The van der Waals surface area contributed by atoms with E-state index in [1.165, 1.54) is 0 Å². The molecule has 0 heterocycles. The van der Waals surface area contributed by atoms with Crippen LogP contribution >= 0.6 is 11.6 Å². The summed E-state index contributed by atoms with van der Waals surface area (Å²) in [5.74, 6) is 0.542. The number of esters is 1. The van der Waals surface area contributed by atoms with Crippen molar-refractivity contribution in [2.75, 3.05) is 34.7 Å². The highest BCUT2D eigenvalue weighted by Crippen LogP contribution is 2.34. The summed E-state index contributed by atoms with van der Waals surface area (Å²) in [6.45, 7) is 14.5. The van der Waals surface area contributed by atoms with Crippen molar-refractivity contribution in [2.45, 2.75) is 60.3 Å². The summed E-state index contributed by atoms with van der Waals surface area (Å²) in [6.07, 6.45) is 0.993. The number of carbonyl (C=O) groups excluding carboxylic acids is 2. The van der Waals surface area contributed by atoms with E-state index < -0.39 is 0 Å². The van der Waals surface area contributed by atoms with E-state index in [0.29, 0.717) is 11.8 Å². The van der Waals surface area contributed by atoms with Crippen molar-refractivity contribution in [3.05, 3.63) is 53.6 Å². The van der Waals surface area contributed by atoms with E-state index >= 15 is 0 Å². The van der Waals surface area contributed by atoms with Crippen LogP contribution < -0.4 is 15.5 Å². The molecule has 0 aliphatic rings. The van der Waals surface area contributed by atoms with Gasteiger partial charge in [0.25, 0.3) is 0 Å². The summed E-state index contributed by atoms with van der Waals surface area (Å²) in [4.78, 5) is 27.4. The average Bonchev–Trinajstić information content (AvgIpc) is 2.78. The minimum atomic E-state index is -0.330. The number of aryl methyl sites for hydroxylation is 1. The Hall–Kier alpha value is -2.73. The molecule has 1 atom stereocenters. The molecule has 2 N–H and O–H groups in total. The van der Waals surface area contributed by atoms with Gasteiger partial charge in [-0.05, 0) is 60.9 Å². The summed E-state index contributed by atoms with van der Waals surface area (Å²) < 4.78 is 4.95. The Labute approximate surface area is 215 Å². The predicted octanol–water partition coefficient (Wildman–Crippen LogP) is 7.38. The number of anilines is 3. The van der Waals surface area contributed by atoms with E-state index in [9.17, 15) is 9.59 Å². The minimum Gasteiger partial charge on any atom is -0.449 e. The molecule has 0 spiro atoms. The summed E-state index contributed by atoms with van der Waals surface area (Å²) >= 11 is 5.56. The van der Waals surface area contributed by atoms with Crippen molar-refractivity contribution in [1.82, 2.24) is 0 Å². The molecule has 2 amide bonds. The lowest BCUT2D eigenvalue weighted by Crippen LogP contribution is -2.32. The van der Waals surface area contributed by atoms with E-state index in [1.54, 1.807) is 0 Å². The highest BCUT2D eigenvalue weighted by atomic mass is 35.5. The molecule has 6 nitrogen and oxygen atoms in total. The van der Waals surface area contributed by atoms with E-state index in [0.717, 1.165) is 47.7 Å². The van der Waals surface area contributed by atoms with Gasteiger partial charge in [0, 0.05) is 18.8 Å². The van der Waals surface area contributed by atoms with Crippen LogP contribution in [0.15, 0.2) is 42.5 Å². The maximum absolute atomic E-state index is 13.0. The summed E-state index contributed by atoms with van der Waals surface area (Å²) in [5.41, 5.74) is 4.51. The smallest absolute Gasteiger partial charge is 0.323 e. The maximum Gasteiger partial charge on any atom is 0.323 e. The molecule has 2 aromatic rings. The second-order valence-corrected chi connectivity index (χ2v) is 10.1. The van der Waals surface area contributed by atoms with Crippen molar-refractivity contribution in [2.24, 2.45) is 11.8 Å². The standard InChI is InChI=1S/C28H40ClN3O3/c1-7-22(15-27(33)35-18-29)23-10-13-26(32(16-19(2)3)17-20(4)5)25(14-23)31-28(34)30-24-11-8-21(6)9-12-24/h8-14,19-20,22H,7,15-18H2,1-6H3,(H2,30,31,34)/t22-/m0/s1. The lowest BCUT2D eigenvalue weighted by atomic mass is 9.92. The molecule has 0 aliphatic heterocycles. The van der Waals surface area contributed by atoms with E-state index in [1.807, 2.05) is 50.2 Å². The van der Waals surface area contributed by atoms with Crippen LogP contribution in [0.3, 0.4) is 0 Å². The van der Waals surface area contributed by atoms with Crippen LogP contribution in [0.1, 0.15) is 64.5 Å². The minimum absolute atomic E-state index is 0.0378. The third-order valence-electron chi connectivity index (χ3n) is 5.68. The van der Waals surface area contributed by atoms with Crippen LogP contribution in [0.4, 0.5) is 21.9 Å². The molecule has 0 radical (unpaired) electrons. The maximum atomic E-state index is 13.0. The van der Waals surface area contributed by atoms with Gasteiger partial charge < -0.3 is 20.3 Å². The van der Waals surface area contributed by atoms with Crippen molar-refractivity contribution in [3.63, 3.8) is 0 Å². The van der Waals surface area contributed by atoms with Gasteiger partial charge in [-0.15, -0.1) is 0 Å². The number of ether oxygens (including phenoxy) is 1. The Morgan fingerprint density at radius 2 is 1.60 bits per heavy atom. The molecule has 0 unspecified atom stereocenters. The van der Waals surface area contributed by atoms with Crippen molar-refractivity contribution in [1.29, 1.82) is 0 Å². The number of carbonyl (C=O) groups is 2. The first-order chi connectivity index (χ1) is 16.6. The summed E-state index contributed by atoms with van der Waals surface area (Å²) in [7, 11) is 0. The van der Waals surface area contributed by atoms with Gasteiger partial charge in [-0.1, -0.05) is 70.0 Å². The number of amides is 2. The Kier molecular flexibility index (Phi) is 11.4. The zero-order valence-corrected chi connectivity index (χ0v) is 22.6. The van der Waals surface area contributed by atoms with Gasteiger partial charge in [0.15, 0.2) is 6.07 Å². The molecule has 0 aromatic heterocycles. The molecule has 35 heavy (non-hydrogen) atoms. The number of nitrogens with one attached hydrogen (secondary N) is 2. The lowest BCUT2D eigenvalue weighted by molar-refractivity contribution is -0.142. The third kappa shape index (κ3) is 9.44. The van der Waals surface area contributed by atoms with Gasteiger partial charge in [0.2, 0.25) is 0 Å². The first-order valence-electron chi connectivity index (χ1n) is 12.4. The number of rotatable bonds is 12. The zero-order valence-electron chi connectivity index (χ0n) is 21.9. The normalized spacial score (nSPS) is 11.9. The zero-order chi connectivity index (χ0) is 26.0. The molecule has 2 aromatic carbocycles. The number of benzene rings is 2. The highest BCUT2D eigenvalue weighted by molar-refractivity contribution is 6.17. The predicted molar refractivity (Wildman–Crippen MR) is 147 cm³/mol. The first-order valence-corrected chi connectivity index (χ1v) is 12.9. The quantitative estimate of drug-likeness (QED) is 0.235. The number of hydrogen-bond acceptors (Lipinski definition) is 4. The highest BCUT2D eigenvalue weighted by Gasteiger charge is 2.21. The third-order valence-corrected chi connectivity index (χ3v) is 5.79. The number of hydrogen-bond donors (Lipinski definition) is 2. The largest absolute Gasteiger partial charge is 0.449 e. The second-order valence-electron chi connectivity index (χ2n) is 9.85. The SMILES string of the molecule is CC[C@@H](CC(=O)OCCl)c1ccc(N(CC(C)C)CC(C)C)c(NC(=O)Nc2ccc(C)cc2)c1. The molecular weight excluding hydrogens is 462 g/mol. The van der Waals surface area contributed by atoms with Crippen LogP contribution in [0.5, 0.6) is 0 Å². The Morgan fingerprint density at radius 1 is 0.971 bits per heavy atom. The van der Waals surface area contributed by atoms with Gasteiger partial charge in [-0.2, -0.15) is 0 Å². The molecule has 2 rings (SSSR count). The summed E-state index contributed by atoms with van der Waals surface area (Å²) in [5, 5.41) is 5.99. The second kappa shape index (κ2) is 14.0. The van der Waals surface area contributed by atoms with Crippen molar-refractivity contribution < 1.29 is 14.3 Å². The molecule has 0 aliphatic carbocycles. The number of nitrogens with zero attached hydrogens (tertiary/aromatic N) is 1. The molecule has 192 valence electrons. The van der Waals surface area contributed by atoms with E-state index in [-0.39, 0.29) is 30.4 Å². The van der Waals surface area contributed by atoms with Crippen LogP contribution in [-0.2, 0) is 9.53 Å².